The van der Waals surface area contributed by atoms with Gasteiger partial charge in [0, 0.05) is 6.54 Å². The van der Waals surface area contributed by atoms with Crippen LogP contribution in [0.15, 0.2) is 24.3 Å². The smallest absolute Gasteiger partial charge is 0.534 e. The molecule has 0 saturated carbocycles. The van der Waals surface area contributed by atoms with E-state index in [1.54, 1.807) is 6.92 Å². The summed E-state index contributed by atoms with van der Waals surface area (Å²) in [7, 11) is -5.71. The van der Waals surface area contributed by atoms with Crippen molar-refractivity contribution >= 4 is 16.0 Å². The number of rotatable bonds is 8. The number of halogens is 4. The molecule has 0 unspecified atom stereocenters. The predicted molar refractivity (Wildman–Crippen MR) is 93.8 cm³/mol. The molecule has 1 aliphatic heterocycles. The Kier molecular flexibility index (Phi) is 9.03. The number of benzene rings is 1. The Labute approximate surface area is 169 Å². The second-order valence-corrected chi connectivity index (χ2v) is 8.01. The molecule has 1 fully saturated rings. The molecule has 0 aliphatic carbocycles. The fourth-order valence-corrected chi connectivity index (χ4v) is 3.27. The molecule has 1 saturated heterocycles. The fourth-order valence-electron chi connectivity index (χ4n) is 2.81. The van der Waals surface area contributed by atoms with Gasteiger partial charge in [-0.15, -0.1) is 0 Å². The number of hydrogen-bond acceptors (Lipinski definition) is 5. The third-order valence-electron chi connectivity index (χ3n) is 4.41. The minimum atomic E-state index is -5.71. The minimum absolute atomic E-state index is 0. The molecule has 0 bridgehead atoms. The zero-order valence-electron chi connectivity index (χ0n) is 15.3. The van der Waals surface area contributed by atoms with Crippen LogP contribution in [0.1, 0.15) is 37.7 Å². The van der Waals surface area contributed by atoms with E-state index in [2.05, 4.69) is 14.4 Å². The maximum absolute atomic E-state index is 12.3. The van der Waals surface area contributed by atoms with E-state index < -0.39 is 27.3 Å². The Hall–Kier alpha value is -1.52. The summed E-state index contributed by atoms with van der Waals surface area (Å²) in [6.45, 7) is 5.35. The van der Waals surface area contributed by atoms with Gasteiger partial charge in [-0.2, -0.15) is 21.6 Å². The predicted octanol–water partition coefficient (Wildman–Crippen LogP) is -0.375. The van der Waals surface area contributed by atoms with Crippen LogP contribution in [-0.4, -0.2) is 50.9 Å². The Bertz CT molecular complexity index is 736. The summed E-state index contributed by atoms with van der Waals surface area (Å²) in [5.74, 6) is -1.19. The van der Waals surface area contributed by atoms with Crippen molar-refractivity contribution < 1.29 is 43.0 Å². The molecule has 1 aliphatic rings. The summed E-state index contributed by atoms with van der Waals surface area (Å²) < 4.78 is 62.9. The van der Waals surface area contributed by atoms with Crippen LogP contribution in [0.4, 0.5) is 13.2 Å². The van der Waals surface area contributed by atoms with Crippen molar-refractivity contribution in [3.05, 3.63) is 29.8 Å². The number of alkyl halides is 3. The third kappa shape index (κ3) is 6.82. The lowest BCUT2D eigenvalue weighted by Gasteiger charge is -2.16. The average Bonchev–Trinajstić information content (AvgIpc) is 3.10. The fraction of sp³-hybridized carbons (Fsp3) is 0.588. The van der Waals surface area contributed by atoms with Crippen molar-refractivity contribution in [2.45, 2.75) is 37.6 Å². The maximum atomic E-state index is 12.3. The van der Waals surface area contributed by atoms with Gasteiger partial charge in [0.15, 0.2) is 0 Å². The van der Waals surface area contributed by atoms with Crippen molar-refractivity contribution in [2.75, 3.05) is 26.2 Å². The van der Waals surface area contributed by atoms with Gasteiger partial charge in [0.2, 0.25) is 5.91 Å². The second kappa shape index (κ2) is 10.3. The molecule has 0 radical (unpaired) electrons. The monoisotopic (exact) mass is 443 g/mol. The summed E-state index contributed by atoms with van der Waals surface area (Å²) in [4.78, 5) is 14.5. The molecular weight excluding hydrogens is 421 g/mol. The molecule has 1 heterocycles. The highest BCUT2D eigenvalue weighted by molar-refractivity contribution is 7.88. The van der Waals surface area contributed by atoms with E-state index in [0.717, 1.165) is 38.2 Å². The molecule has 1 aromatic rings. The highest BCUT2D eigenvalue weighted by Gasteiger charge is 2.48. The zero-order valence-corrected chi connectivity index (χ0v) is 16.9. The maximum Gasteiger partial charge on any atom is 0.534 e. The van der Waals surface area contributed by atoms with Crippen LogP contribution in [0, 0.1) is 0 Å². The van der Waals surface area contributed by atoms with Gasteiger partial charge in [-0.3, -0.25) is 4.79 Å². The lowest BCUT2D eigenvalue weighted by molar-refractivity contribution is -0.122. The zero-order chi connectivity index (χ0) is 20.1. The van der Waals surface area contributed by atoms with Crippen molar-refractivity contribution in [2.24, 2.45) is 0 Å². The lowest BCUT2D eigenvalue weighted by atomic mass is 10.0. The first-order chi connectivity index (χ1) is 12.6. The summed E-state index contributed by atoms with van der Waals surface area (Å²) in [6, 6.07) is 4.93. The summed E-state index contributed by atoms with van der Waals surface area (Å²) >= 11 is 0. The molecule has 1 atom stereocenters. The first-order valence-corrected chi connectivity index (χ1v) is 10.1. The van der Waals surface area contributed by atoms with Crippen LogP contribution < -0.4 is 21.9 Å². The topological polar surface area (TPSA) is 75.7 Å². The Morgan fingerprint density at radius 2 is 1.79 bits per heavy atom. The number of nitrogens with zero attached hydrogens (tertiary/aromatic N) is 1. The van der Waals surface area contributed by atoms with Crippen LogP contribution in [0.2, 0.25) is 0 Å². The van der Waals surface area contributed by atoms with Crippen molar-refractivity contribution in [1.82, 2.24) is 10.2 Å². The average molecular weight is 444 g/mol. The SMILES string of the molecule is C[C@@H](C(=O)NCCCN1CCCC1)c1ccc(OS(=O)(=O)C(F)(F)F)cc1.[Cl-]. The van der Waals surface area contributed by atoms with Gasteiger partial charge >= 0.3 is 15.6 Å². The van der Waals surface area contributed by atoms with Crippen LogP contribution >= 0.6 is 0 Å². The summed E-state index contributed by atoms with van der Waals surface area (Å²) in [6.07, 6.45) is 3.28. The molecule has 6 nitrogen and oxygen atoms in total. The van der Waals surface area contributed by atoms with E-state index in [0.29, 0.717) is 12.1 Å². The second-order valence-electron chi connectivity index (χ2n) is 6.47. The standard InChI is InChI=1S/C17H23F3N2O4S.ClH/c1-13(16(23)21-9-4-12-22-10-2-3-11-22)14-5-7-15(8-6-14)26-27(24,25)17(18,19)20;/h5-8,13H,2-4,9-12H2,1H3,(H,21,23);1H/p-1/t13-;/m1./s1. The molecule has 28 heavy (non-hydrogen) atoms. The molecule has 2 rings (SSSR count). The van der Waals surface area contributed by atoms with Crippen LogP contribution in [0.5, 0.6) is 5.75 Å². The molecule has 160 valence electrons. The number of carbonyl (C=O) groups is 1. The number of nitrogens with one attached hydrogen (secondary N) is 1. The molecule has 0 spiro atoms. The molecule has 11 heteroatoms. The van der Waals surface area contributed by atoms with Gasteiger partial charge in [0.05, 0.1) is 5.92 Å². The number of likely N-dealkylation sites (tertiary alicyclic amines) is 1. The highest BCUT2D eigenvalue weighted by Crippen LogP contribution is 2.27. The number of carbonyl (C=O) groups excluding carboxylic acids is 1. The van der Waals surface area contributed by atoms with E-state index >= 15 is 0 Å². The Morgan fingerprint density at radius 1 is 1.21 bits per heavy atom. The number of amides is 1. The van der Waals surface area contributed by atoms with E-state index in [9.17, 15) is 26.4 Å². The van der Waals surface area contributed by atoms with Crippen molar-refractivity contribution in [1.29, 1.82) is 0 Å². The molecule has 1 aromatic carbocycles. The van der Waals surface area contributed by atoms with Gasteiger partial charge in [-0.05, 0) is 63.5 Å². The van der Waals surface area contributed by atoms with Crippen molar-refractivity contribution in [3.63, 3.8) is 0 Å². The highest BCUT2D eigenvalue weighted by atomic mass is 35.5. The van der Waals surface area contributed by atoms with Crippen LogP contribution in [0.3, 0.4) is 0 Å². The lowest BCUT2D eigenvalue weighted by Crippen LogP contribution is -3.00. The van der Waals surface area contributed by atoms with E-state index in [-0.39, 0.29) is 18.3 Å². The Morgan fingerprint density at radius 3 is 2.32 bits per heavy atom. The van der Waals surface area contributed by atoms with E-state index in [1.165, 1.54) is 25.0 Å². The van der Waals surface area contributed by atoms with Crippen LogP contribution in [0.25, 0.3) is 0 Å². The van der Waals surface area contributed by atoms with E-state index in [4.69, 9.17) is 0 Å². The Balaban J connectivity index is 0.00000392. The van der Waals surface area contributed by atoms with Crippen molar-refractivity contribution in [3.8, 4) is 5.75 Å². The van der Waals surface area contributed by atoms with Gasteiger partial charge in [0.25, 0.3) is 0 Å². The largest absolute Gasteiger partial charge is 1.00 e. The van der Waals surface area contributed by atoms with Crippen LogP contribution in [-0.2, 0) is 14.9 Å². The molecule has 1 N–H and O–H groups in total. The van der Waals surface area contributed by atoms with Gasteiger partial charge < -0.3 is 26.8 Å². The number of hydrogen-bond donors (Lipinski definition) is 1. The minimum Gasteiger partial charge on any atom is -1.00 e. The van der Waals surface area contributed by atoms with E-state index in [1.807, 2.05) is 0 Å². The van der Waals surface area contributed by atoms with Gasteiger partial charge in [-0.25, -0.2) is 0 Å². The van der Waals surface area contributed by atoms with Gasteiger partial charge in [0.1, 0.15) is 5.75 Å². The molecule has 0 aromatic heterocycles. The summed E-state index contributed by atoms with van der Waals surface area (Å²) in [5.41, 5.74) is -4.95. The quantitative estimate of drug-likeness (QED) is 0.337. The first-order valence-electron chi connectivity index (χ1n) is 8.71. The normalized spacial score (nSPS) is 16.3. The molecular formula is C17H23ClF3N2O4S-. The summed E-state index contributed by atoms with van der Waals surface area (Å²) in [5, 5.41) is 2.84. The molecule has 1 amide bonds. The third-order valence-corrected chi connectivity index (χ3v) is 5.39. The van der Waals surface area contributed by atoms with Gasteiger partial charge in [-0.1, -0.05) is 12.1 Å². The first kappa shape index (κ1) is 24.5.